The molecule has 94 valence electrons. The lowest BCUT2D eigenvalue weighted by molar-refractivity contribution is 0.102. The average Bonchev–Trinajstić information content (AvgIpc) is 2.38. The van der Waals surface area contributed by atoms with Gasteiger partial charge in [0.2, 0.25) is 0 Å². The maximum atomic E-state index is 10.1. The Morgan fingerprint density at radius 1 is 1.12 bits per heavy atom. The van der Waals surface area contributed by atoms with E-state index < -0.39 is 0 Å². The van der Waals surface area contributed by atoms with Gasteiger partial charge in [-0.2, -0.15) is 0 Å². The predicted molar refractivity (Wildman–Crippen MR) is 69.1 cm³/mol. The van der Waals surface area contributed by atoms with Gasteiger partial charge < -0.3 is 15.1 Å². The molecule has 0 bridgehead atoms. The minimum atomic E-state index is -0.268. The molecule has 1 fully saturated rings. The van der Waals surface area contributed by atoms with Crippen LogP contribution < -0.4 is 4.90 Å². The predicted octanol–water partition coefficient (Wildman–Crippen LogP) is 1.79. The molecule has 0 unspecified atom stereocenters. The fraction of sp³-hybridized carbons (Fsp3) is 0.571. The van der Waals surface area contributed by atoms with Gasteiger partial charge in [0.05, 0.1) is 18.8 Å². The smallest absolute Gasteiger partial charge is 0.0743 e. The van der Waals surface area contributed by atoms with Gasteiger partial charge >= 0.3 is 0 Å². The van der Waals surface area contributed by atoms with Gasteiger partial charge in [0.25, 0.3) is 0 Å². The highest BCUT2D eigenvalue weighted by Gasteiger charge is 2.28. The second kappa shape index (κ2) is 6.03. The highest BCUT2D eigenvalue weighted by molar-refractivity contribution is 5.47. The number of hydrogen-bond acceptors (Lipinski definition) is 3. The maximum absolute atomic E-state index is 10.1. The van der Waals surface area contributed by atoms with E-state index in [1.54, 1.807) is 0 Å². The third-order valence-electron chi connectivity index (χ3n) is 3.52. The molecule has 0 aromatic heterocycles. The molecule has 0 radical (unpaired) electrons. The standard InChI is InChI=1S/C14H21NO2/c16-11-10-15(12-6-2-1-3-7-12)13-8-4-5-9-14(13)17/h1-3,6-7,13-14,16-17H,4-5,8-11H2/t13-,14-/m0/s1. The van der Waals surface area contributed by atoms with Gasteiger partial charge in [-0.25, -0.2) is 0 Å². The lowest BCUT2D eigenvalue weighted by Gasteiger charge is -2.39. The topological polar surface area (TPSA) is 43.7 Å². The van der Waals surface area contributed by atoms with Crippen LogP contribution in [0.2, 0.25) is 0 Å². The van der Waals surface area contributed by atoms with E-state index in [9.17, 15) is 10.2 Å². The van der Waals surface area contributed by atoms with Crippen molar-refractivity contribution in [1.29, 1.82) is 0 Å². The van der Waals surface area contributed by atoms with E-state index >= 15 is 0 Å². The Balaban J connectivity index is 2.16. The van der Waals surface area contributed by atoms with Crippen LogP contribution in [-0.2, 0) is 0 Å². The Kier molecular flexibility index (Phi) is 4.40. The number of aliphatic hydroxyl groups is 2. The van der Waals surface area contributed by atoms with E-state index in [1.165, 1.54) is 0 Å². The van der Waals surface area contributed by atoms with Gasteiger partial charge in [0.15, 0.2) is 0 Å². The van der Waals surface area contributed by atoms with Crippen LogP contribution in [0.15, 0.2) is 30.3 Å². The Morgan fingerprint density at radius 3 is 2.47 bits per heavy atom. The highest BCUT2D eigenvalue weighted by Crippen LogP contribution is 2.27. The Morgan fingerprint density at radius 2 is 1.82 bits per heavy atom. The van der Waals surface area contributed by atoms with Crippen molar-refractivity contribution >= 4 is 5.69 Å². The van der Waals surface area contributed by atoms with Crippen LogP contribution in [0.5, 0.6) is 0 Å². The summed E-state index contributed by atoms with van der Waals surface area (Å²) < 4.78 is 0. The summed E-state index contributed by atoms with van der Waals surface area (Å²) in [4.78, 5) is 2.14. The van der Waals surface area contributed by atoms with Crippen LogP contribution in [0.4, 0.5) is 5.69 Å². The molecule has 1 aromatic carbocycles. The largest absolute Gasteiger partial charge is 0.395 e. The molecule has 0 amide bonds. The van der Waals surface area contributed by atoms with Gasteiger partial charge in [0.1, 0.15) is 0 Å². The number of para-hydroxylation sites is 1. The zero-order valence-corrected chi connectivity index (χ0v) is 10.1. The molecule has 1 aliphatic carbocycles. The normalized spacial score (nSPS) is 24.6. The van der Waals surface area contributed by atoms with Gasteiger partial charge in [-0.15, -0.1) is 0 Å². The van der Waals surface area contributed by atoms with Crippen molar-refractivity contribution in [2.24, 2.45) is 0 Å². The van der Waals surface area contributed by atoms with Gasteiger partial charge in [-0.3, -0.25) is 0 Å². The molecule has 1 saturated carbocycles. The second-order valence-electron chi connectivity index (χ2n) is 4.67. The van der Waals surface area contributed by atoms with Crippen molar-refractivity contribution < 1.29 is 10.2 Å². The summed E-state index contributed by atoms with van der Waals surface area (Å²) in [5.41, 5.74) is 1.09. The Bertz CT molecular complexity index is 328. The maximum Gasteiger partial charge on any atom is 0.0743 e. The summed E-state index contributed by atoms with van der Waals surface area (Å²) in [5, 5.41) is 19.3. The lowest BCUT2D eigenvalue weighted by atomic mass is 9.91. The van der Waals surface area contributed by atoms with E-state index in [0.717, 1.165) is 31.4 Å². The molecule has 3 nitrogen and oxygen atoms in total. The first-order chi connectivity index (χ1) is 8.33. The highest BCUT2D eigenvalue weighted by atomic mass is 16.3. The number of benzene rings is 1. The molecule has 3 heteroatoms. The fourth-order valence-electron chi connectivity index (χ4n) is 2.67. The molecule has 17 heavy (non-hydrogen) atoms. The Hall–Kier alpha value is -1.06. The molecule has 1 aliphatic rings. The summed E-state index contributed by atoms with van der Waals surface area (Å²) >= 11 is 0. The van der Waals surface area contributed by atoms with Gasteiger partial charge in [-0.1, -0.05) is 31.0 Å². The zero-order valence-electron chi connectivity index (χ0n) is 10.1. The fourth-order valence-corrected chi connectivity index (χ4v) is 2.67. The molecule has 0 heterocycles. The number of nitrogens with zero attached hydrogens (tertiary/aromatic N) is 1. The average molecular weight is 235 g/mol. The van der Waals surface area contributed by atoms with Crippen molar-refractivity contribution in [3.63, 3.8) is 0 Å². The van der Waals surface area contributed by atoms with Gasteiger partial charge in [-0.05, 0) is 25.0 Å². The zero-order chi connectivity index (χ0) is 12.1. The van der Waals surface area contributed by atoms with Crippen LogP contribution in [0.3, 0.4) is 0 Å². The first-order valence-corrected chi connectivity index (χ1v) is 6.43. The quantitative estimate of drug-likeness (QED) is 0.836. The number of hydrogen-bond donors (Lipinski definition) is 2. The van der Waals surface area contributed by atoms with E-state index in [2.05, 4.69) is 4.90 Å². The minimum absolute atomic E-state index is 0.123. The van der Waals surface area contributed by atoms with E-state index in [0.29, 0.717) is 6.54 Å². The molecule has 0 saturated heterocycles. The van der Waals surface area contributed by atoms with Crippen LogP contribution >= 0.6 is 0 Å². The third kappa shape index (κ3) is 2.99. The van der Waals surface area contributed by atoms with Crippen molar-refractivity contribution in [3.8, 4) is 0 Å². The van der Waals surface area contributed by atoms with E-state index in [4.69, 9.17) is 0 Å². The third-order valence-corrected chi connectivity index (χ3v) is 3.52. The summed E-state index contributed by atoms with van der Waals surface area (Å²) in [5.74, 6) is 0. The number of anilines is 1. The molecule has 1 aromatic rings. The number of aliphatic hydroxyl groups excluding tert-OH is 2. The summed E-state index contributed by atoms with van der Waals surface area (Å²) in [6.07, 6.45) is 3.89. The first kappa shape index (κ1) is 12.4. The molecule has 2 atom stereocenters. The molecular formula is C14H21NO2. The van der Waals surface area contributed by atoms with Crippen LogP contribution in [0.1, 0.15) is 25.7 Å². The summed E-state index contributed by atoms with van der Waals surface area (Å²) in [7, 11) is 0. The minimum Gasteiger partial charge on any atom is -0.395 e. The van der Waals surface area contributed by atoms with Gasteiger partial charge in [0, 0.05) is 12.2 Å². The van der Waals surface area contributed by atoms with Crippen LogP contribution in [0, 0.1) is 0 Å². The molecule has 0 spiro atoms. The number of rotatable bonds is 4. The molecule has 2 N–H and O–H groups in total. The Labute approximate surface area is 103 Å². The first-order valence-electron chi connectivity index (χ1n) is 6.43. The molecular weight excluding hydrogens is 214 g/mol. The second-order valence-corrected chi connectivity index (χ2v) is 4.67. The molecule has 0 aliphatic heterocycles. The monoisotopic (exact) mass is 235 g/mol. The van der Waals surface area contributed by atoms with Crippen molar-refractivity contribution in [1.82, 2.24) is 0 Å². The molecule has 2 rings (SSSR count). The SMILES string of the molecule is OCCN(c1ccccc1)[C@H]1CCCC[C@@H]1O. The van der Waals surface area contributed by atoms with Crippen LogP contribution in [0.25, 0.3) is 0 Å². The van der Waals surface area contributed by atoms with E-state index in [1.807, 2.05) is 30.3 Å². The summed E-state index contributed by atoms with van der Waals surface area (Å²) in [6.45, 7) is 0.712. The van der Waals surface area contributed by atoms with Crippen molar-refractivity contribution in [2.45, 2.75) is 37.8 Å². The van der Waals surface area contributed by atoms with Crippen molar-refractivity contribution in [3.05, 3.63) is 30.3 Å². The van der Waals surface area contributed by atoms with E-state index in [-0.39, 0.29) is 18.8 Å². The van der Waals surface area contributed by atoms with Crippen LogP contribution in [-0.4, -0.2) is 35.5 Å². The summed E-state index contributed by atoms with van der Waals surface area (Å²) in [6, 6.07) is 10.2. The van der Waals surface area contributed by atoms with Crippen molar-refractivity contribution in [2.75, 3.05) is 18.1 Å². The lowest BCUT2D eigenvalue weighted by Crippen LogP contribution is -2.46.